The van der Waals surface area contributed by atoms with Crippen LogP contribution in [0, 0.1) is 11.6 Å². The summed E-state index contributed by atoms with van der Waals surface area (Å²) in [7, 11) is 1.64. The van der Waals surface area contributed by atoms with Crippen LogP contribution >= 0.6 is 0 Å². The van der Waals surface area contributed by atoms with Gasteiger partial charge in [-0.3, -0.25) is 4.99 Å². The lowest BCUT2D eigenvalue weighted by Gasteiger charge is -2.06. The third-order valence-corrected chi connectivity index (χ3v) is 5.39. The summed E-state index contributed by atoms with van der Waals surface area (Å²) in [4.78, 5) is 8.53. The molecular weight excluding hydrogens is 438 g/mol. The molecule has 3 aromatic carbocycles. The van der Waals surface area contributed by atoms with E-state index in [-0.39, 0.29) is 11.3 Å². The number of halogens is 2. The van der Waals surface area contributed by atoms with Crippen LogP contribution in [-0.2, 0) is 6.42 Å². The van der Waals surface area contributed by atoms with Crippen molar-refractivity contribution in [2.24, 2.45) is 9.98 Å². The summed E-state index contributed by atoms with van der Waals surface area (Å²) in [5, 5.41) is 0. The van der Waals surface area contributed by atoms with Crippen LogP contribution < -0.4 is 0 Å². The van der Waals surface area contributed by atoms with Crippen molar-refractivity contribution in [1.29, 1.82) is 0 Å². The summed E-state index contributed by atoms with van der Waals surface area (Å²) in [6, 6.07) is 22.6. The standard InChI is InChI=1S/C31H28F2N2/c1-4-29(27-14-9-15-28(32)31(27)33)35-30(22-34-3)23(2)10-8-13-25-17-20-26(21-18-25)19-16-24-11-6-5-7-12-24/h5-7,9-12,14-22H,1,8,13H2,2-3H3/b19-16+,23-10-,34-22?,35-30?. The molecular formula is C31H28F2N2. The van der Waals surface area contributed by atoms with Gasteiger partial charge in [0, 0.05) is 18.8 Å². The van der Waals surface area contributed by atoms with Gasteiger partial charge in [0.2, 0.25) is 0 Å². The van der Waals surface area contributed by atoms with Crippen molar-refractivity contribution in [3.63, 3.8) is 0 Å². The Labute approximate surface area is 206 Å². The molecule has 3 aromatic rings. The first-order valence-corrected chi connectivity index (χ1v) is 11.4. The first kappa shape index (κ1) is 25.5. The van der Waals surface area contributed by atoms with Crippen LogP contribution in [0.5, 0.6) is 0 Å². The molecule has 0 radical (unpaired) electrons. The predicted octanol–water partition coefficient (Wildman–Crippen LogP) is 7.98. The van der Waals surface area contributed by atoms with E-state index in [1.165, 1.54) is 23.3 Å². The van der Waals surface area contributed by atoms with Gasteiger partial charge in [-0.15, -0.1) is 5.73 Å². The first-order chi connectivity index (χ1) is 17.0. The van der Waals surface area contributed by atoms with E-state index in [4.69, 9.17) is 0 Å². The van der Waals surface area contributed by atoms with Crippen molar-refractivity contribution in [2.75, 3.05) is 7.05 Å². The van der Waals surface area contributed by atoms with Crippen LogP contribution in [0.4, 0.5) is 8.78 Å². The highest BCUT2D eigenvalue weighted by Crippen LogP contribution is 2.21. The van der Waals surface area contributed by atoms with E-state index in [9.17, 15) is 8.78 Å². The van der Waals surface area contributed by atoms with Gasteiger partial charge in [-0.2, -0.15) is 0 Å². The zero-order chi connectivity index (χ0) is 25.0. The summed E-state index contributed by atoms with van der Waals surface area (Å²) in [6.45, 7) is 5.51. The molecule has 0 saturated carbocycles. The van der Waals surface area contributed by atoms with E-state index >= 15 is 0 Å². The van der Waals surface area contributed by atoms with E-state index in [2.05, 4.69) is 76.9 Å². The van der Waals surface area contributed by atoms with Crippen molar-refractivity contribution in [2.45, 2.75) is 19.8 Å². The number of nitrogens with zero attached hydrogens (tertiary/aromatic N) is 2. The molecule has 0 heterocycles. The van der Waals surface area contributed by atoms with E-state index in [1.54, 1.807) is 13.3 Å². The maximum atomic E-state index is 14.2. The lowest BCUT2D eigenvalue weighted by molar-refractivity contribution is 0.506. The molecule has 0 aliphatic rings. The molecule has 0 saturated heterocycles. The number of allylic oxidation sites excluding steroid dienone is 2. The van der Waals surface area contributed by atoms with Gasteiger partial charge in [-0.1, -0.05) is 85.5 Å². The molecule has 0 N–H and O–H groups in total. The van der Waals surface area contributed by atoms with Crippen LogP contribution in [0.15, 0.2) is 107 Å². The Bertz CT molecular complexity index is 1310. The maximum absolute atomic E-state index is 14.2. The van der Waals surface area contributed by atoms with Gasteiger partial charge < -0.3 is 0 Å². The highest BCUT2D eigenvalue weighted by molar-refractivity contribution is 6.38. The van der Waals surface area contributed by atoms with Crippen molar-refractivity contribution in [3.05, 3.63) is 131 Å². The van der Waals surface area contributed by atoms with Crippen molar-refractivity contribution < 1.29 is 8.78 Å². The van der Waals surface area contributed by atoms with Crippen LogP contribution in [-0.4, -0.2) is 19.0 Å². The molecule has 2 nitrogen and oxygen atoms in total. The van der Waals surface area contributed by atoms with Crippen LogP contribution in [0.2, 0.25) is 0 Å². The summed E-state index contributed by atoms with van der Waals surface area (Å²) >= 11 is 0. The monoisotopic (exact) mass is 466 g/mol. The molecule has 0 bridgehead atoms. The Kier molecular flexibility index (Phi) is 9.41. The van der Waals surface area contributed by atoms with Crippen LogP contribution in [0.3, 0.4) is 0 Å². The number of aryl methyl sites for hydroxylation is 1. The Hall–Kier alpha value is -4.14. The third kappa shape index (κ3) is 7.43. The highest BCUT2D eigenvalue weighted by atomic mass is 19.2. The minimum absolute atomic E-state index is 0.0104. The quantitative estimate of drug-likeness (QED) is 0.173. The molecule has 0 atom stereocenters. The SMILES string of the molecule is C=C=C(N=C(C=NC)/C(C)=C\CCc1ccc(/C=C/c2ccccc2)cc1)c1cccc(F)c1F. The number of hydrogen-bond acceptors (Lipinski definition) is 2. The second-order valence-electron chi connectivity index (χ2n) is 7.92. The predicted molar refractivity (Wildman–Crippen MR) is 145 cm³/mol. The second kappa shape index (κ2) is 12.9. The normalized spacial score (nSPS) is 12.3. The summed E-state index contributed by atoms with van der Waals surface area (Å²) < 4.78 is 27.9. The Balaban J connectivity index is 1.68. The zero-order valence-corrected chi connectivity index (χ0v) is 20.0. The van der Waals surface area contributed by atoms with Gasteiger partial charge in [0.15, 0.2) is 11.6 Å². The van der Waals surface area contributed by atoms with Gasteiger partial charge >= 0.3 is 0 Å². The molecule has 0 fully saturated rings. The Morgan fingerprint density at radius 2 is 1.60 bits per heavy atom. The molecule has 0 spiro atoms. The van der Waals surface area contributed by atoms with Gasteiger partial charge in [-0.05, 0) is 54.2 Å². The molecule has 3 rings (SSSR count). The Morgan fingerprint density at radius 3 is 2.26 bits per heavy atom. The molecule has 176 valence electrons. The largest absolute Gasteiger partial charge is 0.294 e. The van der Waals surface area contributed by atoms with Gasteiger partial charge in [0.05, 0.1) is 5.71 Å². The fourth-order valence-electron chi connectivity index (χ4n) is 3.46. The fraction of sp³-hybridized carbons (Fsp3) is 0.129. The van der Waals surface area contributed by atoms with Crippen LogP contribution in [0.1, 0.15) is 35.6 Å². The van der Waals surface area contributed by atoms with Gasteiger partial charge in [-0.25, -0.2) is 13.8 Å². The smallest absolute Gasteiger partial charge is 0.168 e. The highest BCUT2D eigenvalue weighted by Gasteiger charge is 2.12. The van der Waals surface area contributed by atoms with E-state index in [0.29, 0.717) is 5.71 Å². The van der Waals surface area contributed by atoms with Crippen molar-refractivity contribution in [3.8, 4) is 0 Å². The average Bonchev–Trinajstić information content (AvgIpc) is 2.88. The third-order valence-electron chi connectivity index (χ3n) is 5.39. The summed E-state index contributed by atoms with van der Waals surface area (Å²) in [6.07, 6.45) is 9.50. The number of aliphatic imine (C=N–C) groups is 2. The first-order valence-electron chi connectivity index (χ1n) is 11.4. The van der Waals surface area contributed by atoms with E-state index in [1.807, 2.05) is 25.1 Å². The average molecular weight is 467 g/mol. The second-order valence-corrected chi connectivity index (χ2v) is 7.92. The maximum Gasteiger partial charge on any atom is 0.168 e. The molecule has 0 unspecified atom stereocenters. The van der Waals surface area contributed by atoms with Gasteiger partial charge in [0.1, 0.15) is 5.70 Å². The van der Waals surface area contributed by atoms with Crippen molar-refractivity contribution in [1.82, 2.24) is 0 Å². The van der Waals surface area contributed by atoms with Crippen molar-refractivity contribution >= 4 is 29.8 Å². The minimum Gasteiger partial charge on any atom is -0.294 e. The zero-order valence-electron chi connectivity index (χ0n) is 20.0. The fourth-order valence-corrected chi connectivity index (χ4v) is 3.46. The lowest BCUT2D eigenvalue weighted by Crippen LogP contribution is -2.04. The van der Waals surface area contributed by atoms with Crippen LogP contribution in [0.25, 0.3) is 17.8 Å². The van der Waals surface area contributed by atoms with E-state index in [0.717, 1.165) is 30.0 Å². The molecule has 4 heteroatoms. The summed E-state index contributed by atoms with van der Waals surface area (Å²) in [5.41, 5.74) is 7.71. The molecule has 35 heavy (non-hydrogen) atoms. The van der Waals surface area contributed by atoms with E-state index < -0.39 is 11.6 Å². The number of benzene rings is 3. The molecule has 0 aliphatic heterocycles. The topological polar surface area (TPSA) is 24.7 Å². The number of hydrogen-bond donors (Lipinski definition) is 0. The number of rotatable bonds is 9. The minimum atomic E-state index is -0.973. The molecule has 0 aromatic heterocycles. The summed E-state index contributed by atoms with van der Waals surface area (Å²) in [5.74, 6) is -1.91. The van der Waals surface area contributed by atoms with Gasteiger partial charge in [0.25, 0.3) is 0 Å². The Morgan fingerprint density at radius 1 is 0.914 bits per heavy atom. The molecule has 0 aliphatic carbocycles. The molecule has 0 amide bonds. The lowest BCUT2D eigenvalue weighted by atomic mass is 10.0.